The Morgan fingerprint density at radius 1 is 0.478 bits per heavy atom. The Labute approximate surface area is 691 Å². The first-order valence-corrected chi connectivity index (χ1v) is 37.3. The van der Waals surface area contributed by atoms with E-state index in [1.165, 1.54) is 11.8 Å². The van der Waals surface area contributed by atoms with Crippen LogP contribution in [-0.2, 0) is 61.6 Å². The number of aliphatic hydroxyl groups excluding tert-OH is 4. The molecule has 10 N–H and O–H groups in total. The summed E-state index contributed by atoms with van der Waals surface area (Å²) in [6.07, 6.45) is 14.4. The van der Waals surface area contributed by atoms with Crippen molar-refractivity contribution in [2.75, 3.05) is 92.3 Å². The number of rotatable bonds is 27. The first-order valence-electron chi connectivity index (χ1n) is 36.5. The molecule has 9 aromatic heterocycles. The van der Waals surface area contributed by atoms with Gasteiger partial charge in [-0.1, -0.05) is 65.7 Å². The second kappa shape index (κ2) is 55.5. The first-order chi connectivity index (χ1) is 54.7. The molecule has 27 nitrogen and oxygen atoms in total. The van der Waals surface area contributed by atoms with E-state index in [1.807, 2.05) is 225 Å². The van der Waals surface area contributed by atoms with Crippen LogP contribution < -0.4 is 17.2 Å². The minimum atomic E-state index is 0. The summed E-state index contributed by atoms with van der Waals surface area (Å²) < 4.78 is 3.68. The number of nitrogen functional groups attached to an aromatic ring is 2. The standard InChI is InChI=1S/C23H27ClN4O2.C12H18N2O2.C11H12ClN3.C10H16N2O.C9H15N3O.C7H6N2.C7H7NO.C6H5N3.ClH/c1-17-12-22(28(26-17)21-5-3-4-19(24)14-21)8-9-23(30)13-18-6-7-20(25-15-18)16-27(2)10-11-29;1-10(16)7-11-3-4-12(13-8-11)9-14(2)5-6-15;1-8-5-11(7-13)15(14-8)10-4-2-3-9(12)6-10;1-9-3-4-10(11-7-9)8-12(2)5-6-13;1-12(4-5-13)7-9-3-2-8(10)6-11-9;1-6-2-3-7(4-8)9-5-6;1-6-2-3-7(5-9)8-4-6;7-3-6-2-1-5(8)4-9-6;/h3-7,12,14-15,29H,8-11,13,16H2,1-2H3;3-4,8,15H,5-7,9H2,1-2H3;2-6H,7,13H2,1H3;3-4,7,13H,5-6,8H2,1-2H3;2-3,6,13H,4-5,7,10H2,1H3;2-3,5H,1H3;2-5H,1H3;1-2,4H,8H2;1H. The van der Waals surface area contributed by atoms with Crippen LogP contribution in [0, 0.1) is 57.3 Å². The molecule has 2 aromatic carbocycles. The predicted molar refractivity (Wildman–Crippen MR) is 454 cm³/mol. The number of likely N-dealkylation sites (N-methyl/N-ethyl adjacent to an activating group) is 4. The van der Waals surface area contributed by atoms with Crippen molar-refractivity contribution in [3.05, 3.63) is 289 Å². The molecule has 30 heteroatoms. The molecule has 0 amide bonds. The zero-order valence-electron chi connectivity index (χ0n) is 67.0. The van der Waals surface area contributed by atoms with Crippen LogP contribution in [0.15, 0.2) is 189 Å². The number of benzene rings is 2. The Morgan fingerprint density at radius 3 is 1.20 bits per heavy atom. The lowest BCUT2D eigenvalue weighted by Gasteiger charge is -2.14. The number of anilines is 2. The van der Waals surface area contributed by atoms with Gasteiger partial charge in [0, 0.05) is 125 Å². The summed E-state index contributed by atoms with van der Waals surface area (Å²) in [7, 11) is 7.78. The summed E-state index contributed by atoms with van der Waals surface area (Å²) in [5.74, 6) is 0.311. The Bertz CT molecular complexity index is 4550. The number of Topliss-reactive ketones (excluding diaryl/α,β-unsaturated/α-hetero) is 2. The van der Waals surface area contributed by atoms with Gasteiger partial charge in [0.2, 0.25) is 0 Å². The van der Waals surface area contributed by atoms with E-state index in [9.17, 15) is 14.4 Å². The van der Waals surface area contributed by atoms with Crippen molar-refractivity contribution in [3.8, 4) is 23.5 Å². The molecule has 0 saturated carbocycles. The average molecular weight is 1630 g/mol. The quantitative estimate of drug-likeness (QED) is 0.0235. The Hall–Kier alpha value is -11.0. The number of aliphatic hydroxyl groups is 4. The van der Waals surface area contributed by atoms with Gasteiger partial charge in [0.15, 0.2) is 6.29 Å². The molecule has 610 valence electrons. The van der Waals surface area contributed by atoms with E-state index in [0.29, 0.717) is 110 Å². The monoisotopic (exact) mass is 1620 g/mol. The summed E-state index contributed by atoms with van der Waals surface area (Å²) in [5.41, 5.74) is 33.8. The third kappa shape index (κ3) is 41.1. The van der Waals surface area contributed by atoms with Gasteiger partial charge in [-0.05, 0) is 207 Å². The third-order valence-corrected chi connectivity index (χ3v) is 16.3. The van der Waals surface area contributed by atoms with Crippen molar-refractivity contribution in [1.82, 2.24) is 74.0 Å². The number of aromatic nitrogens is 11. The number of carbonyl (C=O) groups excluding carboxylic acids is 3. The summed E-state index contributed by atoms with van der Waals surface area (Å²) in [5, 5.41) is 62.0. The van der Waals surface area contributed by atoms with Crippen molar-refractivity contribution >= 4 is 64.8 Å². The summed E-state index contributed by atoms with van der Waals surface area (Å²) in [6, 6.07) is 48.8. The first kappa shape index (κ1) is 98.2. The normalized spacial score (nSPS) is 10.3. The van der Waals surface area contributed by atoms with Crippen LogP contribution >= 0.6 is 35.6 Å². The molecule has 11 aromatic rings. The maximum absolute atomic E-state index is 12.5. The maximum Gasteiger partial charge on any atom is 0.168 e. The third-order valence-electron chi connectivity index (χ3n) is 15.9. The number of nitriles is 2. The van der Waals surface area contributed by atoms with Crippen LogP contribution in [0.25, 0.3) is 11.4 Å². The number of pyridine rings is 7. The molecular weight excluding hydrogens is 1520 g/mol. The molecule has 115 heavy (non-hydrogen) atoms. The molecule has 0 bridgehead atoms. The number of hydrogen-bond donors (Lipinski definition) is 7. The van der Waals surface area contributed by atoms with Gasteiger partial charge < -0.3 is 37.6 Å². The summed E-state index contributed by atoms with van der Waals surface area (Å²) in [4.78, 5) is 70.0. The number of carbonyl (C=O) groups is 3. The van der Waals surface area contributed by atoms with Crippen LogP contribution in [0.5, 0.6) is 0 Å². The van der Waals surface area contributed by atoms with E-state index >= 15 is 0 Å². The van der Waals surface area contributed by atoms with Crippen LogP contribution in [0.1, 0.15) is 109 Å². The average Bonchev–Trinajstić information content (AvgIpc) is 1.70. The zero-order chi connectivity index (χ0) is 83.7. The van der Waals surface area contributed by atoms with E-state index in [4.69, 9.17) is 71.4 Å². The van der Waals surface area contributed by atoms with Crippen molar-refractivity contribution < 1.29 is 34.8 Å². The molecule has 0 aliphatic rings. The minimum absolute atomic E-state index is 0. The van der Waals surface area contributed by atoms with Gasteiger partial charge in [-0.25, -0.2) is 19.3 Å². The van der Waals surface area contributed by atoms with Gasteiger partial charge in [0.05, 0.1) is 101 Å². The second-order valence-corrected chi connectivity index (χ2v) is 27.4. The van der Waals surface area contributed by atoms with E-state index in [2.05, 4.69) is 51.2 Å². The lowest BCUT2D eigenvalue weighted by molar-refractivity contribution is -0.118. The summed E-state index contributed by atoms with van der Waals surface area (Å²) >= 11 is 12.0. The number of nitrogens with zero attached hydrogens (tertiary/aromatic N) is 17. The Kier molecular flexibility index (Phi) is 47.4. The Balaban J connectivity index is 0.000000353. The molecule has 0 unspecified atom stereocenters. The highest BCUT2D eigenvalue weighted by atomic mass is 35.5. The molecular formula is C85H107Cl3N20O7. The smallest absolute Gasteiger partial charge is 0.168 e. The highest BCUT2D eigenvalue weighted by molar-refractivity contribution is 6.31. The number of halogens is 3. The van der Waals surface area contributed by atoms with Crippen LogP contribution in [0.3, 0.4) is 0 Å². The van der Waals surface area contributed by atoms with E-state index in [0.717, 1.165) is 98.6 Å². The summed E-state index contributed by atoms with van der Waals surface area (Å²) in [6.45, 7) is 18.0. The SMILES string of the molecule is CC(=O)Cc1ccc(CN(C)CCO)nc1.CN(CCO)Cc1ccc(N)cn1.Cc1cc(CCC(=O)Cc2ccc(CN(C)CCO)nc2)n(-c2cccc(Cl)c2)n1.Cc1cc(CN)n(-c2cccc(Cl)c2)n1.Cc1ccc(C#N)nc1.Cc1ccc(C=O)nc1.Cc1ccc(CN(C)CCO)nc1.Cl.N#Cc1ccc(N)cn1. The van der Waals surface area contributed by atoms with Crippen LogP contribution in [0.2, 0.25) is 10.0 Å². The molecule has 11 rings (SSSR count). The lowest BCUT2D eigenvalue weighted by atomic mass is 10.1. The fraction of sp³-hybridized carbons (Fsp3) is 0.318. The molecule has 0 atom stereocenters. The molecule has 0 fully saturated rings. The van der Waals surface area contributed by atoms with Crippen LogP contribution in [-0.4, -0.2) is 193 Å². The fourth-order valence-electron chi connectivity index (χ4n) is 10.1. The molecule has 0 aliphatic heterocycles. The van der Waals surface area contributed by atoms with E-state index < -0.39 is 0 Å². The zero-order valence-corrected chi connectivity index (χ0v) is 69.3. The van der Waals surface area contributed by atoms with Gasteiger partial charge in [0.25, 0.3) is 0 Å². The number of hydrogen-bond acceptors (Lipinski definition) is 25. The second-order valence-electron chi connectivity index (χ2n) is 26.5. The minimum Gasteiger partial charge on any atom is -0.397 e. The van der Waals surface area contributed by atoms with Gasteiger partial charge >= 0.3 is 0 Å². The van der Waals surface area contributed by atoms with Crippen molar-refractivity contribution in [2.24, 2.45) is 5.73 Å². The van der Waals surface area contributed by atoms with E-state index in [-0.39, 0.29) is 50.4 Å². The van der Waals surface area contributed by atoms with Gasteiger partial charge in [0.1, 0.15) is 40.8 Å². The number of aryl methyl sites for hydroxylation is 6. The molecule has 0 spiro atoms. The largest absolute Gasteiger partial charge is 0.397 e. The highest BCUT2D eigenvalue weighted by Gasteiger charge is 2.13. The number of aldehydes is 1. The fourth-order valence-corrected chi connectivity index (χ4v) is 10.4. The van der Waals surface area contributed by atoms with E-state index in [1.54, 1.807) is 62.2 Å². The van der Waals surface area contributed by atoms with Crippen LogP contribution in [0.4, 0.5) is 11.4 Å². The lowest BCUT2D eigenvalue weighted by Crippen LogP contribution is -2.22. The van der Waals surface area contributed by atoms with Crippen molar-refractivity contribution in [2.45, 2.75) is 99.9 Å². The van der Waals surface area contributed by atoms with Gasteiger partial charge in [-0.2, -0.15) is 20.7 Å². The number of nitrogens with two attached hydrogens (primary N) is 3. The number of ketones is 2. The van der Waals surface area contributed by atoms with Gasteiger partial charge in [-0.3, -0.25) is 58.9 Å². The van der Waals surface area contributed by atoms with Crippen molar-refractivity contribution in [3.63, 3.8) is 0 Å². The maximum atomic E-state index is 12.5. The molecule has 0 radical (unpaired) electrons. The highest BCUT2D eigenvalue weighted by Crippen LogP contribution is 2.20. The predicted octanol–water partition coefficient (Wildman–Crippen LogP) is 10.7. The topological polar surface area (TPSA) is 397 Å². The molecule has 0 saturated heterocycles. The Morgan fingerprint density at radius 2 is 0.852 bits per heavy atom. The van der Waals surface area contributed by atoms with Gasteiger partial charge in [-0.15, -0.1) is 12.4 Å². The molecule has 9 heterocycles. The van der Waals surface area contributed by atoms with Crippen molar-refractivity contribution in [1.29, 1.82) is 10.5 Å². The molecule has 0 aliphatic carbocycles.